The van der Waals surface area contributed by atoms with Crippen LogP contribution in [0.5, 0.6) is 0 Å². The van der Waals surface area contributed by atoms with Crippen LogP contribution >= 0.6 is 0 Å². The highest BCUT2D eigenvalue weighted by atomic mass is 15.3. The molecular formula is C11H13N3. The topological polar surface area (TPSA) is 30.2 Å². The molecule has 2 heterocycles. The van der Waals surface area contributed by atoms with Crippen LogP contribution in [0.1, 0.15) is 19.8 Å². The highest BCUT2D eigenvalue weighted by Gasteiger charge is 2.03. The maximum Gasteiger partial charge on any atom is 0.0853 e. The molecule has 0 bridgehead atoms. The molecule has 0 N–H and O–H groups in total. The summed E-state index contributed by atoms with van der Waals surface area (Å²) in [5.74, 6) is 0. The standard InChI is InChI=1S/C11H13N3/c1-10-5-2-3-6-12-9-11(10)14-8-4-7-13-14/h4-9H,2-3H2,1H3/b10-5-,11-9+,12-6?. The molecule has 1 aliphatic rings. The zero-order chi connectivity index (χ0) is 9.80. The second kappa shape index (κ2) is 4.05. The second-order valence-corrected chi connectivity index (χ2v) is 3.26. The zero-order valence-electron chi connectivity index (χ0n) is 8.22. The molecule has 0 aromatic carbocycles. The Morgan fingerprint density at radius 1 is 1.36 bits per heavy atom. The van der Waals surface area contributed by atoms with Crippen molar-refractivity contribution in [3.8, 4) is 0 Å². The van der Waals surface area contributed by atoms with Crippen molar-refractivity contribution in [2.24, 2.45) is 4.99 Å². The molecule has 1 aromatic heterocycles. The van der Waals surface area contributed by atoms with Crippen LogP contribution in [-0.2, 0) is 0 Å². The van der Waals surface area contributed by atoms with Crippen LogP contribution in [0, 0.1) is 0 Å². The first-order valence-corrected chi connectivity index (χ1v) is 4.77. The number of nitrogens with zero attached hydrogens (tertiary/aromatic N) is 3. The number of aromatic nitrogens is 2. The molecule has 0 atom stereocenters. The van der Waals surface area contributed by atoms with E-state index < -0.39 is 0 Å². The highest BCUT2D eigenvalue weighted by Crippen LogP contribution is 2.16. The van der Waals surface area contributed by atoms with Crippen LogP contribution in [0.15, 0.2) is 41.3 Å². The lowest BCUT2D eigenvalue weighted by Crippen LogP contribution is -1.99. The third kappa shape index (κ3) is 1.82. The maximum absolute atomic E-state index is 4.23. The van der Waals surface area contributed by atoms with Gasteiger partial charge in [-0.1, -0.05) is 6.08 Å². The van der Waals surface area contributed by atoms with Crippen LogP contribution in [0.25, 0.3) is 5.70 Å². The predicted octanol–water partition coefficient (Wildman–Crippen LogP) is 2.49. The molecule has 1 aromatic rings. The van der Waals surface area contributed by atoms with E-state index in [0.717, 1.165) is 18.5 Å². The Hall–Kier alpha value is -1.64. The molecule has 0 unspecified atom stereocenters. The lowest BCUT2D eigenvalue weighted by Gasteiger charge is -2.08. The van der Waals surface area contributed by atoms with Crippen molar-refractivity contribution in [1.82, 2.24) is 9.78 Å². The minimum atomic E-state index is 1.01. The normalized spacial score (nSPS) is 24.4. The van der Waals surface area contributed by atoms with Gasteiger partial charge in [0.1, 0.15) is 0 Å². The SMILES string of the molecule is CC1=C/CCC=N/C=C\1n1cccn1. The van der Waals surface area contributed by atoms with Crippen molar-refractivity contribution < 1.29 is 0 Å². The van der Waals surface area contributed by atoms with Gasteiger partial charge >= 0.3 is 0 Å². The fourth-order valence-corrected chi connectivity index (χ4v) is 1.43. The molecule has 14 heavy (non-hydrogen) atoms. The van der Waals surface area contributed by atoms with Gasteiger partial charge in [0.05, 0.1) is 11.9 Å². The summed E-state index contributed by atoms with van der Waals surface area (Å²) in [5, 5.41) is 4.20. The largest absolute Gasteiger partial charge is 0.267 e. The summed E-state index contributed by atoms with van der Waals surface area (Å²) in [6.07, 6.45) is 11.8. The van der Waals surface area contributed by atoms with E-state index in [9.17, 15) is 0 Å². The van der Waals surface area contributed by atoms with E-state index in [1.807, 2.05) is 29.4 Å². The van der Waals surface area contributed by atoms with Gasteiger partial charge < -0.3 is 0 Å². The third-order valence-corrected chi connectivity index (χ3v) is 2.20. The van der Waals surface area contributed by atoms with E-state index in [1.165, 1.54) is 5.57 Å². The van der Waals surface area contributed by atoms with Crippen LogP contribution in [-0.4, -0.2) is 16.0 Å². The lowest BCUT2D eigenvalue weighted by molar-refractivity contribution is 0.892. The van der Waals surface area contributed by atoms with E-state index in [2.05, 4.69) is 23.1 Å². The zero-order valence-corrected chi connectivity index (χ0v) is 8.22. The van der Waals surface area contributed by atoms with Gasteiger partial charge in [-0.3, -0.25) is 4.99 Å². The van der Waals surface area contributed by atoms with E-state index in [1.54, 1.807) is 6.20 Å². The van der Waals surface area contributed by atoms with Gasteiger partial charge in [-0.2, -0.15) is 5.10 Å². The molecule has 3 nitrogen and oxygen atoms in total. The predicted molar refractivity (Wildman–Crippen MR) is 58.0 cm³/mol. The van der Waals surface area contributed by atoms with Crippen LogP contribution in [0.3, 0.4) is 0 Å². The maximum atomic E-state index is 4.23. The Morgan fingerprint density at radius 2 is 2.29 bits per heavy atom. The summed E-state index contributed by atoms with van der Waals surface area (Å²) in [7, 11) is 0. The number of aliphatic imine (C=N–C) groups is 1. The van der Waals surface area contributed by atoms with Gasteiger partial charge in [0, 0.05) is 18.6 Å². The first-order chi connectivity index (χ1) is 6.88. The molecule has 0 aliphatic carbocycles. The smallest absolute Gasteiger partial charge is 0.0853 e. The van der Waals surface area contributed by atoms with Gasteiger partial charge in [-0.15, -0.1) is 0 Å². The summed E-state index contributed by atoms with van der Waals surface area (Å²) in [6, 6.07) is 1.91. The summed E-state index contributed by atoms with van der Waals surface area (Å²) in [5.41, 5.74) is 2.27. The number of hydrogen-bond acceptors (Lipinski definition) is 2. The van der Waals surface area contributed by atoms with Crippen molar-refractivity contribution in [3.05, 3.63) is 36.3 Å². The molecule has 2 rings (SSSR count). The summed E-state index contributed by atoms with van der Waals surface area (Å²) in [6.45, 7) is 2.09. The van der Waals surface area contributed by atoms with E-state index >= 15 is 0 Å². The summed E-state index contributed by atoms with van der Waals surface area (Å²) < 4.78 is 1.84. The van der Waals surface area contributed by atoms with Gasteiger partial charge in [0.2, 0.25) is 0 Å². The molecule has 0 saturated heterocycles. The van der Waals surface area contributed by atoms with Gasteiger partial charge in [0.15, 0.2) is 0 Å². The Kier molecular flexibility index (Phi) is 2.58. The van der Waals surface area contributed by atoms with Crippen LogP contribution in [0.2, 0.25) is 0 Å². The van der Waals surface area contributed by atoms with Crippen molar-refractivity contribution in [1.29, 1.82) is 0 Å². The first-order valence-electron chi connectivity index (χ1n) is 4.77. The summed E-state index contributed by atoms with van der Waals surface area (Å²) in [4.78, 5) is 4.23. The highest BCUT2D eigenvalue weighted by molar-refractivity contribution is 5.67. The Bertz CT molecular complexity index is 383. The summed E-state index contributed by atoms with van der Waals surface area (Å²) >= 11 is 0. The molecule has 72 valence electrons. The Morgan fingerprint density at radius 3 is 3.07 bits per heavy atom. The van der Waals surface area contributed by atoms with Crippen LogP contribution in [0.4, 0.5) is 0 Å². The average Bonchev–Trinajstić information content (AvgIpc) is 2.65. The van der Waals surface area contributed by atoms with Crippen molar-refractivity contribution in [2.45, 2.75) is 19.8 Å². The van der Waals surface area contributed by atoms with Gasteiger partial charge in [-0.25, -0.2) is 4.68 Å². The molecule has 0 saturated carbocycles. The Labute approximate surface area is 83.5 Å². The Balaban J connectivity index is 2.39. The molecular weight excluding hydrogens is 174 g/mol. The lowest BCUT2D eigenvalue weighted by atomic mass is 10.1. The quantitative estimate of drug-likeness (QED) is 0.664. The van der Waals surface area contributed by atoms with Gasteiger partial charge in [-0.05, 0) is 31.4 Å². The number of hydrogen-bond donors (Lipinski definition) is 0. The first kappa shape index (κ1) is 8.94. The molecule has 0 radical (unpaired) electrons. The van der Waals surface area contributed by atoms with Crippen molar-refractivity contribution in [2.75, 3.05) is 0 Å². The minimum absolute atomic E-state index is 1.01. The molecule has 0 fully saturated rings. The van der Waals surface area contributed by atoms with E-state index in [-0.39, 0.29) is 0 Å². The second-order valence-electron chi connectivity index (χ2n) is 3.26. The molecule has 1 aliphatic heterocycles. The minimum Gasteiger partial charge on any atom is -0.267 e. The van der Waals surface area contributed by atoms with Gasteiger partial charge in [0.25, 0.3) is 0 Å². The number of rotatable bonds is 1. The third-order valence-electron chi connectivity index (χ3n) is 2.20. The van der Waals surface area contributed by atoms with E-state index in [4.69, 9.17) is 0 Å². The average molecular weight is 187 g/mol. The van der Waals surface area contributed by atoms with Crippen molar-refractivity contribution >= 4 is 11.9 Å². The number of allylic oxidation sites excluding steroid dienone is 3. The molecule has 0 spiro atoms. The molecule has 3 heteroatoms. The van der Waals surface area contributed by atoms with E-state index in [0.29, 0.717) is 0 Å². The fourth-order valence-electron chi connectivity index (χ4n) is 1.43. The fraction of sp³-hybridized carbons (Fsp3) is 0.273. The van der Waals surface area contributed by atoms with Crippen molar-refractivity contribution in [3.63, 3.8) is 0 Å². The monoisotopic (exact) mass is 187 g/mol. The van der Waals surface area contributed by atoms with Crippen LogP contribution < -0.4 is 0 Å². The molecule has 0 amide bonds.